The highest BCUT2D eigenvalue weighted by Gasteiger charge is 2.38. The number of fused-ring (bicyclic) bond motifs is 1. The number of hydrogen-bond acceptors (Lipinski definition) is 6. The fourth-order valence-corrected chi connectivity index (χ4v) is 5.77. The summed E-state index contributed by atoms with van der Waals surface area (Å²) in [6.07, 6.45) is 0.259. The summed E-state index contributed by atoms with van der Waals surface area (Å²) in [5.41, 5.74) is 3.62. The maximum absolute atomic E-state index is 13.2. The van der Waals surface area contributed by atoms with Crippen molar-refractivity contribution < 1.29 is 14.3 Å². The van der Waals surface area contributed by atoms with Gasteiger partial charge in [-0.05, 0) is 66.6 Å². The zero-order valence-corrected chi connectivity index (χ0v) is 22.0. The van der Waals surface area contributed by atoms with Crippen LogP contribution in [0.25, 0.3) is 0 Å². The molecule has 0 spiro atoms. The lowest BCUT2D eigenvalue weighted by atomic mass is 9.86. The molecule has 8 heteroatoms. The average Bonchev–Trinajstić information content (AvgIpc) is 2.93. The van der Waals surface area contributed by atoms with Gasteiger partial charge in [-0.1, -0.05) is 47.6 Å². The zero-order valence-electron chi connectivity index (χ0n) is 20.4. The molecule has 0 aliphatic carbocycles. The number of allylic oxidation sites excluding steroid dienone is 1. The molecular weight excluding hydrogens is 506 g/mol. The Morgan fingerprint density at radius 3 is 2.35 bits per heavy atom. The molecule has 3 aromatic rings. The highest BCUT2D eigenvalue weighted by molar-refractivity contribution is 8.03. The van der Waals surface area contributed by atoms with Gasteiger partial charge >= 0.3 is 0 Å². The topological polar surface area (TPSA) is 65.8 Å². The van der Waals surface area contributed by atoms with Crippen LogP contribution in [0, 0.1) is 11.3 Å². The molecule has 0 bridgehead atoms. The van der Waals surface area contributed by atoms with E-state index in [2.05, 4.69) is 11.0 Å². The third-order valence-corrected chi connectivity index (χ3v) is 7.81. The summed E-state index contributed by atoms with van der Waals surface area (Å²) in [4.78, 5) is 17.1. The molecule has 0 unspecified atom stereocenters. The number of rotatable bonds is 7. The molecule has 3 aromatic carbocycles. The van der Waals surface area contributed by atoms with Gasteiger partial charge < -0.3 is 14.4 Å². The monoisotopic (exact) mass is 531 g/mol. The molecule has 2 aliphatic rings. The maximum Gasteiger partial charge on any atom is 0.229 e. The van der Waals surface area contributed by atoms with E-state index in [1.54, 1.807) is 4.90 Å². The van der Waals surface area contributed by atoms with E-state index in [0.717, 1.165) is 33.3 Å². The van der Waals surface area contributed by atoms with E-state index in [9.17, 15) is 10.1 Å². The van der Waals surface area contributed by atoms with Crippen LogP contribution < -0.4 is 14.4 Å². The van der Waals surface area contributed by atoms with Crippen molar-refractivity contribution in [2.75, 3.05) is 24.1 Å². The Bertz CT molecular complexity index is 1330. The molecular formula is C29H26ClN3O3S. The van der Waals surface area contributed by atoms with E-state index in [1.807, 2.05) is 79.7 Å². The van der Waals surface area contributed by atoms with Crippen molar-refractivity contribution in [3.05, 3.63) is 99.5 Å². The minimum atomic E-state index is -0.265. The van der Waals surface area contributed by atoms with E-state index >= 15 is 0 Å². The van der Waals surface area contributed by atoms with Crippen molar-refractivity contribution in [2.24, 2.45) is 0 Å². The van der Waals surface area contributed by atoms with Crippen LogP contribution in [0.1, 0.15) is 30.4 Å². The molecule has 2 aliphatic heterocycles. The lowest BCUT2D eigenvalue weighted by molar-refractivity contribution is -0.129. The number of carbonyl (C=O) groups is 1. The minimum Gasteiger partial charge on any atom is -0.494 e. The van der Waals surface area contributed by atoms with Gasteiger partial charge in [0.2, 0.25) is 5.91 Å². The van der Waals surface area contributed by atoms with E-state index in [4.69, 9.17) is 21.1 Å². The van der Waals surface area contributed by atoms with Crippen LogP contribution in [0.4, 0.5) is 5.69 Å². The first-order valence-corrected chi connectivity index (χ1v) is 13.4. The molecule has 6 nitrogen and oxygen atoms in total. The molecule has 0 N–H and O–H groups in total. The van der Waals surface area contributed by atoms with E-state index in [0.29, 0.717) is 36.4 Å². The molecule has 1 fully saturated rings. The second kappa shape index (κ2) is 11.2. The van der Waals surface area contributed by atoms with E-state index in [1.165, 1.54) is 11.8 Å². The summed E-state index contributed by atoms with van der Waals surface area (Å²) in [5, 5.41) is 11.5. The Kier molecular flexibility index (Phi) is 7.59. The van der Waals surface area contributed by atoms with Crippen molar-refractivity contribution in [1.29, 1.82) is 5.26 Å². The van der Waals surface area contributed by atoms with Gasteiger partial charge in [-0.2, -0.15) is 5.26 Å². The van der Waals surface area contributed by atoms with Crippen LogP contribution in [0.3, 0.4) is 0 Å². The Balaban J connectivity index is 1.29. The average molecular weight is 532 g/mol. The van der Waals surface area contributed by atoms with Gasteiger partial charge in [-0.25, -0.2) is 0 Å². The van der Waals surface area contributed by atoms with Gasteiger partial charge in [0.25, 0.3) is 0 Å². The number of hydrogen-bond donors (Lipinski definition) is 0. The SMILES string of the molecule is CCOc1ccc(N2CSC3=C(C#N)[C@@H](c4ccc(OCc5ccc(Cl)cc5)cc4)CC(=O)N3C2)cc1. The molecule has 5 rings (SSSR count). The van der Waals surface area contributed by atoms with Gasteiger partial charge in [0.15, 0.2) is 0 Å². The summed E-state index contributed by atoms with van der Waals surface area (Å²) in [6.45, 7) is 3.43. The summed E-state index contributed by atoms with van der Waals surface area (Å²) < 4.78 is 11.4. The zero-order chi connectivity index (χ0) is 25.8. The van der Waals surface area contributed by atoms with E-state index in [-0.39, 0.29) is 18.2 Å². The van der Waals surface area contributed by atoms with Gasteiger partial charge in [-0.3, -0.25) is 9.69 Å². The quantitative estimate of drug-likeness (QED) is 0.345. The molecule has 1 saturated heterocycles. The Labute approximate surface area is 226 Å². The Morgan fingerprint density at radius 1 is 1.00 bits per heavy atom. The number of halogens is 1. The van der Waals surface area contributed by atoms with Crippen molar-refractivity contribution in [3.8, 4) is 17.6 Å². The molecule has 1 atom stereocenters. The lowest BCUT2D eigenvalue weighted by Crippen LogP contribution is -2.47. The first-order chi connectivity index (χ1) is 18.1. The summed E-state index contributed by atoms with van der Waals surface area (Å²) in [6, 6.07) is 25.5. The van der Waals surface area contributed by atoms with Gasteiger partial charge in [0.1, 0.15) is 18.1 Å². The van der Waals surface area contributed by atoms with Gasteiger partial charge in [0.05, 0.1) is 35.8 Å². The molecule has 37 heavy (non-hydrogen) atoms. The first kappa shape index (κ1) is 25.1. The molecule has 2 heterocycles. The van der Waals surface area contributed by atoms with Crippen molar-refractivity contribution in [1.82, 2.24) is 4.90 Å². The second-order valence-electron chi connectivity index (χ2n) is 8.77. The largest absolute Gasteiger partial charge is 0.494 e. The number of thioether (sulfide) groups is 1. The minimum absolute atomic E-state index is 0.0187. The predicted octanol–water partition coefficient (Wildman–Crippen LogP) is 6.54. The number of nitrogens with zero attached hydrogens (tertiary/aromatic N) is 3. The summed E-state index contributed by atoms with van der Waals surface area (Å²) >= 11 is 7.48. The van der Waals surface area contributed by atoms with Crippen molar-refractivity contribution in [3.63, 3.8) is 0 Å². The Hall–Kier alpha value is -3.60. The molecule has 0 saturated carbocycles. The van der Waals surface area contributed by atoms with Crippen LogP contribution in [0.15, 0.2) is 83.4 Å². The standard InChI is InChI=1S/C29H26ClN3O3S/c1-2-35-24-13-9-23(10-14-24)32-18-33-28(34)15-26(27(16-31)29(33)37-19-32)21-5-11-25(12-6-21)36-17-20-3-7-22(30)8-4-20/h3-14,26H,2,15,17-19H2,1H3/t26-/m1/s1. The Morgan fingerprint density at radius 2 is 1.68 bits per heavy atom. The molecule has 0 aromatic heterocycles. The second-order valence-corrected chi connectivity index (χ2v) is 10.1. The van der Waals surface area contributed by atoms with Crippen LogP contribution >= 0.6 is 23.4 Å². The summed E-state index contributed by atoms with van der Waals surface area (Å²) in [7, 11) is 0. The van der Waals surface area contributed by atoms with Crippen LogP contribution in [-0.4, -0.2) is 30.0 Å². The number of carbonyl (C=O) groups excluding carboxylic acids is 1. The highest BCUT2D eigenvalue weighted by atomic mass is 35.5. The predicted molar refractivity (Wildman–Crippen MR) is 146 cm³/mol. The highest BCUT2D eigenvalue weighted by Crippen LogP contribution is 2.43. The smallest absolute Gasteiger partial charge is 0.229 e. The number of amides is 1. The third-order valence-electron chi connectivity index (χ3n) is 6.41. The molecule has 1 amide bonds. The van der Waals surface area contributed by atoms with Crippen LogP contribution in [-0.2, 0) is 11.4 Å². The van der Waals surface area contributed by atoms with Crippen LogP contribution in [0.2, 0.25) is 5.02 Å². The van der Waals surface area contributed by atoms with E-state index < -0.39 is 0 Å². The summed E-state index contributed by atoms with van der Waals surface area (Å²) in [5.74, 6) is 1.96. The number of anilines is 1. The number of nitriles is 1. The van der Waals surface area contributed by atoms with Crippen molar-refractivity contribution >= 4 is 35.0 Å². The number of benzene rings is 3. The number of ether oxygens (including phenoxy) is 2. The fourth-order valence-electron chi connectivity index (χ4n) is 4.47. The van der Waals surface area contributed by atoms with Crippen LogP contribution in [0.5, 0.6) is 11.5 Å². The van der Waals surface area contributed by atoms with Gasteiger partial charge in [-0.15, -0.1) is 0 Å². The lowest BCUT2D eigenvalue weighted by Gasteiger charge is -2.42. The van der Waals surface area contributed by atoms with Crippen molar-refractivity contribution in [2.45, 2.75) is 25.9 Å². The first-order valence-electron chi connectivity index (χ1n) is 12.1. The fraction of sp³-hybridized carbons (Fsp3) is 0.241. The normalized spacial score (nSPS) is 17.3. The third kappa shape index (κ3) is 5.56. The molecule has 188 valence electrons. The van der Waals surface area contributed by atoms with Gasteiger partial charge in [0, 0.05) is 23.0 Å². The molecule has 0 radical (unpaired) electrons. The maximum atomic E-state index is 13.2.